The van der Waals surface area contributed by atoms with Gasteiger partial charge in [0.15, 0.2) is 0 Å². The lowest BCUT2D eigenvalue weighted by molar-refractivity contribution is -0.146. The van der Waals surface area contributed by atoms with E-state index in [1.165, 1.54) is 12.0 Å². The number of carboxylic acids is 1. The summed E-state index contributed by atoms with van der Waals surface area (Å²) in [7, 11) is 0. The zero-order valence-corrected chi connectivity index (χ0v) is 17.0. The van der Waals surface area contributed by atoms with Gasteiger partial charge < -0.3 is 9.84 Å². The lowest BCUT2D eigenvalue weighted by Gasteiger charge is -2.10. The van der Waals surface area contributed by atoms with Crippen molar-refractivity contribution in [2.75, 3.05) is 0 Å². The summed E-state index contributed by atoms with van der Waals surface area (Å²) in [6.07, 6.45) is 12.1. The Balaban J connectivity index is 0. The summed E-state index contributed by atoms with van der Waals surface area (Å²) in [6, 6.07) is 0. The minimum absolute atomic E-state index is 0.101. The molecule has 0 bridgehead atoms. The van der Waals surface area contributed by atoms with Crippen molar-refractivity contribution in [2.45, 2.75) is 92.6 Å². The summed E-state index contributed by atoms with van der Waals surface area (Å²) in [5.41, 5.74) is 1.39. The molecule has 0 aliphatic heterocycles. The van der Waals surface area contributed by atoms with Gasteiger partial charge in [-0.25, -0.2) is 0 Å². The number of carbonyl (C=O) groups excluding carboxylic acids is 1. The van der Waals surface area contributed by atoms with Gasteiger partial charge in [0.2, 0.25) is 0 Å². The molecule has 0 aromatic rings. The van der Waals surface area contributed by atoms with Crippen molar-refractivity contribution in [3.63, 3.8) is 0 Å². The number of hydrogen-bond donors (Lipinski definition) is 1. The topological polar surface area (TPSA) is 63.6 Å². The minimum Gasteiger partial charge on any atom is -0.481 e. The predicted octanol–water partition coefficient (Wildman–Crippen LogP) is 5.92. The van der Waals surface area contributed by atoms with Gasteiger partial charge in [0.1, 0.15) is 6.10 Å². The van der Waals surface area contributed by atoms with Gasteiger partial charge in [-0.3, -0.25) is 9.59 Å². The SMILES string of the molecule is CCCC(=O)O.CCCC(=O)O[C@@H](C)C=CC[C@H](C)CCC=C(C)C. The van der Waals surface area contributed by atoms with E-state index in [1.807, 2.05) is 26.8 Å². The molecular weight excluding hydrogens is 316 g/mol. The summed E-state index contributed by atoms with van der Waals surface area (Å²) < 4.78 is 5.25. The van der Waals surface area contributed by atoms with Crippen LogP contribution in [0, 0.1) is 5.92 Å². The van der Waals surface area contributed by atoms with Gasteiger partial charge in [0.05, 0.1) is 0 Å². The van der Waals surface area contributed by atoms with Crippen molar-refractivity contribution < 1.29 is 19.4 Å². The smallest absolute Gasteiger partial charge is 0.306 e. The van der Waals surface area contributed by atoms with Crippen LogP contribution in [0.2, 0.25) is 0 Å². The quantitative estimate of drug-likeness (QED) is 0.369. The van der Waals surface area contributed by atoms with Crippen molar-refractivity contribution >= 4 is 11.9 Å². The molecular formula is C21H38O4. The number of rotatable bonds is 11. The van der Waals surface area contributed by atoms with E-state index in [9.17, 15) is 9.59 Å². The summed E-state index contributed by atoms with van der Waals surface area (Å²) in [4.78, 5) is 20.9. The molecule has 1 N–H and O–H groups in total. The van der Waals surface area contributed by atoms with E-state index < -0.39 is 5.97 Å². The Morgan fingerprint density at radius 1 is 1.08 bits per heavy atom. The van der Waals surface area contributed by atoms with E-state index in [1.54, 1.807) is 0 Å². The Labute approximate surface area is 154 Å². The zero-order valence-electron chi connectivity index (χ0n) is 17.0. The number of carboxylic acid groups (broad SMARTS) is 1. The maximum Gasteiger partial charge on any atom is 0.306 e. The lowest BCUT2D eigenvalue weighted by atomic mass is 10.0. The molecule has 0 aliphatic carbocycles. The molecule has 0 aliphatic rings. The van der Waals surface area contributed by atoms with Crippen LogP contribution in [0.15, 0.2) is 23.8 Å². The fourth-order valence-electron chi connectivity index (χ4n) is 2.00. The van der Waals surface area contributed by atoms with Crippen molar-refractivity contribution in [2.24, 2.45) is 5.92 Å². The van der Waals surface area contributed by atoms with Gasteiger partial charge in [-0.05, 0) is 64.9 Å². The first-order chi connectivity index (χ1) is 11.7. The van der Waals surface area contributed by atoms with Gasteiger partial charge >= 0.3 is 11.9 Å². The van der Waals surface area contributed by atoms with Crippen LogP contribution < -0.4 is 0 Å². The molecule has 0 heterocycles. The van der Waals surface area contributed by atoms with E-state index in [0.29, 0.717) is 18.8 Å². The average Bonchev–Trinajstić information content (AvgIpc) is 2.47. The molecule has 0 amide bonds. The van der Waals surface area contributed by atoms with Gasteiger partial charge in [0, 0.05) is 12.8 Å². The number of aliphatic carboxylic acids is 1. The van der Waals surface area contributed by atoms with Crippen LogP contribution in [-0.4, -0.2) is 23.1 Å². The summed E-state index contributed by atoms with van der Waals surface area (Å²) in [5.74, 6) is -0.140. The molecule has 0 saturated carbocycles. The summed E-state index contributed by atoms with van der Waals surface area (Å²) in [6.45, 7) is 12.3. The van der Waals surface area contributed by atoms with E-state index in [-0.39, 0.29) is 12.1 Å². The van der Waals surface area contributed by atoms with Crippen LogP contribution in [0.3, 0.4) is 0 Å². The van der Waals surface area contributed by atoms with E-state index in [4.69, 9.17) is 9.84 Å². The van der Waals surface area contributed by atoms with E-state index >= 15 is 0 Å². The Morgan fingerprint density at radius 3 is 2.12 bits per heavy atom. The molecule has 2 atom stereocenters. The standard InChI is InChI=1S/C17H30O2.C4H8O2/c1-6-9-17(18)19-16(5)13-8-12-15(4)11-7-10-14(2)3;1-2-3-4(5)6/h8,10,13,15-16H,6-7,9,11-12H2,1-5H3;2-3H2,1H3,(H,5,6)/t15-,16+;/m1./s1. The van der Waals surface area contributed by atoms with Crippen molar-refractivity contribution in [1.29, 1.82) is 0 Å². The molecule has 0 aromatic carbocycles. The third-order valence-electron chi connectivity index (χ3n) is 3.39. The number of hydrogen-bond acceptors (Lipinski definition) is 3. The predicted molar refractivity (Wildman–Crippen MR) is 105 cm³/mol. The Hall–Kier alpha value is -1.58. The Bertz CT molecular complexity index is 406. The molecule has 0 aromatic heterocycles. The monoisotopic (exact) mass is 354 g/mol. The van der Waals surface area contributed by atoms with Gasteiger partial charge in [-0.15, -0.1) is 0 Å². The second kappa shape index (κ2) is 17.2. The van der Waals surface area contributed by atoms with Gasteiger partial charge in [-0.2, -0.15) is 0 Å². The number of esters is 1. The maximum atomic E-state index is 11.3. The average molecular weight is 355 g/mol. The lowest BCUT2D eigenvalue weighted by Crippen LogP contribution is -2.12. The minimum atomic E-state index is -0.711. The van der Waals surface area contributed by atoms with Crippen LogP contribution in [-0.2, 0) is 14.3 Å². The van der Waals surface area contributed by atoms with E-state index in [0.717, 1.165) is 25.7 Å². The normalized spacial score (nSPS) is 12.7. The maximum absolute atomic E-state index is 11.3. The summed E-state index contributed by atoms with van der Waals surface area (Å²) in [5, 5.41) is 7.91. The van der Waals surface area contributed by atoms with Crippen LogP contribution in [0.4, 0.5) is 0 Å². The van der Waals surface area contributed by atoms with Crippen LogP contribution >= 0.6 is 0 Å². The summed E-state index contributed by atoms with van der Waals surface area (Å²) >= 11 is 0. The van der Waals surface area contributed by atoms with Crippen molar-refractivity contribution in [1.82, 2.24) is 0 Å². The van der Waals surface area contributed by atoms with Crippen molar-refractivity contribution in [3.05, 3.63) is 23.8 Å². The molecule has 25 heavy (non-hydrogen) atoms. The second-order valence-electron chi connectivity index (χ2n) is 6.72. The fraction of sp³-hybridized carbons (Fsp3) is 0.714. The molecule has 0 spiro atoms. The highest BCUT2D eigenvalue weighted by Gasteiger charge is 2.05. The van der Waals surface area contributed by atoms with Gasteiger partial charge in [0.25, 0.3) is 0 Å². The van der Waals surface area contributed by atoms with Crippen LogP contribution in [0.25, 0.3) is 0 Å². The molecule has 0 fully saturated rings. The Kier molecular flexibility index (Phi) is 17.7. The third kappa shape index (κ3) is 22.4. The first-order valence-corrected chi connectivity index (χ1v) is 9.44. The van der Waals surface area contributed by atoms with Crippen LogP contribution in [0.1, 0.15) is 86.5 Å². The number of carbonyl (C=O) groups is 2. The molecule has 0 radical (unpaired) electrons. The highest BCUT2D eigenvalue weighted by atomic mass is 16.5. The fourth-order valence-corrected chi connectivity index (χ4v) is 2.00. The molecule has 4 heteroatoms. The number of allylic oxidation sites excluding steroid dienone is 3. The molecule has 0 saturated heterocycles. The van der Waals surface area contributed by atoms with Gasteiger partial charge in [-0.1, -0.05) is 38.5 Å². The van der Waals surface area contributed by atoms with Crippen LogP contribution in [0.5, 0.6) is 0 Å². The molecule has 0 rings (SSSR count). The first-order valence-electron chi connectivity index (χ1n) is 9.44. The molecule has 146 valence electrons. The largest absolute Gasteiger partial charge is 0.481 e. The zero-order chi connectivity index (χ0) is 19.7. The Morgan fingerprint density at radius 2 is 1.68 bits per heavy atom. The van der Waals surface area contributed by atoms with Crippen molar-refractivity contribution in [3.8, 4) is 0 Å². The number of ether oxygens (including phenoxy) is 1. The second-order valence-corrected chi connectivity index (χ2v) is 6.72. The highest BCUT2D eigenvalue weighted by molar-refractivity contribution is 5.69. The first kappa shape index (κ1) is 25.7. The van der Waals surface area contributed by atoms with E-state index in [2.05, 4.69) is 32.9 Å². The highest BCUT2D eigenvalue weighted by Crippen LogP contribution is 2.13. The molecule has 0 unspecified atom stereocenters. The molecule has 4 nitrogen and oxygen atoms in total. The third-order valence-corrected chi connectivity index (χ3v) is 3.39.